The van der Waals surface area contributed by atoms with Gasteiger partial charge in [-0.05, 0) is 55.2 Å². The topological polar surface area (TPSA) is 72.5 Å². The Morgan fingerprint density at radius 1 is 1.23 bits per heavy atom. The van der Waals surface area contributed by atoms with E-state index in [0.29, 0.717) is 32.0 Å². The van der Waals surface area contributed by atoms with E-state index in [9.17, 15) is 9.18 Å². The highest BCUT2D eigenvalue weighted by atomic mass is 19.1. The van der Waals surface area contributed by atoms with Gasteiger partial charge in [0.05, 0.1) is 0 Å². The van der Waals surface area contributed by atoms with Crippen LogP contribution >= 0.6 is 0 Å². The van der Waals surface area contributed by atoms with Gasteiger partial charge >= 0.3 is 0 Å². The molecule has 0 bridgehead atoms. The number of H-pyrrole nitrogens is 1. The SMILES string of the molecule is CCNC(=NCC(=O)N1CCc2ccccc21)NCCc1c[nH]c2ccc(F)cc12. The molecule has 0 saturated heterocycles. The van der Waals surface area contributed by atoms with Gasteiger partial charge < -0.3 is 20.5 Å². The lowest BCUT2D eigenvalue weighted by molar-refractivity contribution is -0.117. The zero-order valence-corrected chi connectivity index (χ0v) is 17.0. The second kappa shape index (κ2) is 8.98. The molecular weight excluding hydrogens is 381 g/mol. The van der Waals surface area contributed by atoms with Gasteiger partial charge in [-0.15, -0.1) is 0 Å². The maximum atomic E-state index is 13.5. The van der Waals surface area contributed by atoms with E-state index in [2.05, 4.69) is 26.7 Å². The molecule has 7 heteroatoms. The second-order valence-electron chi connectivity index (χ2n) is 7.30. The molecule has 0 aliphatic carbocycles. The number of hydrogen-bond acceptors (Lipinski definition) is 2. The van der Waals surface area contributed by atoms with Crippen molar-refractivity contribution in [3.05, 3.63) is 65.6 Å². The van der Waals surface area contributed by atoms with Crippen molar-refractivity contribution in [2.24, 2.45) is 4.99 Å². The van der Waals surface area contributed by atoms with E-state index in [0.717, 1.165) is 28.6 Å². The number of anilines is 1. The fraction of sp³-hybridized carbons (Fsp3) is 0.304. The van der Waals surface area contributed by atoms with Gasteiger partial charge in [-0.3, -0.25) is 4.79 Å². The van der Waals surface area contributed by atoms with Gasteiger partial charge in [0, 0.05) is 42.4 Å². The lowest BCUT2D eigenvalue weighted by Gasteiger charge is -2.17. The Hall–Kier alpha value is -3.35. The van der Waals surface area contributed by atoms with E-state index in [1.807, 2.05) is 36.2 Å². The number of aromatic nitrogens is 1. The average molecular weight is 407 g/mol. The number of nitrogens with one attached hydrogen (secondary N) is 3. The highest BCUT2D eigenvalue weighted by Crippen LogP contribution is 2.27. The molecule has 0 atom stereocenters. The number of para-hydroxylation sites is 1. The molecule has 1 amide bonds. The summed E-state index contributed by atoms with van der Waals surface area (Å²) in [4.78, 5) is 22.1. The van der Waals surface area contributed by atoms with E-state index < -0.39 is 0 Å². The fourth-order valence-electron chi connectivity index (χ4n) is 3.84. The third kappa shape index (κ3) is 4.30. The summed E-state index contributed by atoms with van der Waals surface area (Å²) in [6.45, 7) is 4.09. The highest BCUT2D eigenvalue weighted by Gasteiger charge is 2.23. The summed E-state index contributed by atoms with van der Waals surface area (Å²) in [6.07, 6.45) is 3.50. The van der Waals surface area contributed by atoms with Crippen molar-refractivity contribution in [3.63, 3.8) is 0 Å². The predicted octanol–water partition coefficient (Wildman–Crippen LogP) is 2.99. The largest absolute Gasteiger partial charge is 0.361 e. The quantitative estimate of drug-likeness (QED) is 0.435. The van der Waals surface area contributed by atoms with Gasteiger partial charge in [0.1, 0.15) is 12.4 Å². The van der Waals surface area contributed by atoms with Crippen LogP contribution in [0.25, 0.3) is 10.9 Å². The number of fused-ring (bicyclic) bond motifs is 2. The van der Waals surface area contributed by atoms with Crippen LogP contribution in [0, 0.1) is 5.82 Å². The number of aromatic amines is 1. The number of nitrogens with zero attached hydrogens (tertiary/aromatic N) is 2. The molecule has 2 aromatic carbocycles. The average Bonchev–Trinajstić information content (AvgIpc) is 3.36. The van der Waals surface area contributed by atoms with E-state index in [-0.39, 0.29) is 18.3 Å². The molecule has 0 saturated carbocycles. The number of aliphatic imine (C=N–C) groups is 1. The van der Waals surface area contributed by atoms with Crippen LogP contribution in [0.2, 0.25) is 0 Å². The molecule has 1 aliphatic heterocycles. The zero-order chi connectivity index (χ0) is 20.9. The number of carbonyl (C=O) groups is 1. The van der Waals surface area contributed by atoms with Gasteiger partial charge in [0.15, 0.2) is 5.96 Å². The van der Waals surface area contributed by atoms with Crippen molar-refractivity contribution in [2.45, 2.75) is 19.8 Å². The number of guanidine groups is 1. The molecule has 0 radical (unpaired) electrons. The number of halogens is 1. The second-order valence-corrected chi connectivity index (χ2v) is 7.30. The van der Waals surface area contributed by atoms with Gasteiger partial charge in [-0.2, -0.15) is 0 Å². The van der Waals surface area contributed by atoms with Crippen molar-refractivity contribution in [2.75, 3.05) is 31.1 Å². The first-order valence-electron chi connectivity index (χ1n) is 10.3. The van der Waals surface area contributed by atoms with Crippen molar-refractivity contribution in [1.82, 2.24) is 15.6 Å². The van der Waals surface area contributed by atoms with Gasteiger partial charge in [-0.1, -0.05) is 18.2 Å². The number of carbonyl (C=O) groups excluding carboxylic acids is 1. The minimum atomic E-state index is -0.242. The van der Waals surface area contributed by atoms with Crippen LogP contribution in [0.5, 0.6) is 0 Å². The monoisotopic (exact) mass is 407 g/mol. The van der Waals surface area contributed by atoms with Crippen molar-refractivity contribution in [3.8, 4) is 0 Å². The minimum Gasteiger partial charge on any atom is -0.361 e. The molecule has 0 spiro atoms. The Labute approximate surface area is 175 Å². The van der Waals surface area contributed by atoms with Crippen LogP contribution in [0.1, 0.15) is 18.1 Å². The Kier molecular flexibility index (Phi) is 5.97. The smallest absolute Gasteiger partial charge is 0.248 e. The van der Waals surface area contributed by atoms with Crippen LogP contribution < -0.4 is 15.5 Å². The summed E-state index contributed by atoms with van der Waals surface area (Å²) in [5.74, 6) is 0.349. The van der Waals surface area contributed by atoms with Crippen LogP contribution in [-0.4, -0.2) is 43.0 Å². The van der Waals surface area contributed by atoms with Crippen LogP contribution in [0.15, 0.2) is 53.7 Å². The number of amides is 1. The number of benzene rings is 2. The normalized spacial score (nSPS) is 13.5. The third-order valence-corrected chi connectivity index (χ3v) is 5.32. The number of hydrogen-bond donors (Lipinski definition) is 3. The van der Waals surface area contributed by atoms with Gasteiger partial charge in [0.2, 0.25) is 5.91 Å². The summed E-state index contributed by atoms with van der Waals surface area (Å²) in [5, 5.41) is 7.33. The Bertz CT molecular complexity index is 1070. The van der Waals surface area contributed by atoms with Gasteiger partial charge in [-0.25, -0.2) is 9.38 Å². The van der Waals surface area contributed by atoms with Crippen LogP contribution in [-0.2, 0) is 17.6 Å². The first-order valence-corrected chi connectivity index (χ1v) is 10.3. The summed E-state index contributed by atoms with van der Waals surface area (Å²) in [5.41, 5.74) is 4.15. The fourth-order valence-corrected chi connectivity index (χ4v) is 3.84. The molecule has 3 aromatic rings. The first-order chi connectivity index (χ1) is 14.7. The Morgan fingerprint density at radius 2 is 2.10 bits per heavy atom. The van der Waals surface area contributed by atoms with Crippen LogP contribution in [0.4, 0.5) is 10.1 Å². The zero-order valence-electron chi connectivity index (χ0n) is 17.0. The molecular formula is C23H26FN5O. The lowest BCUT2D eigenvalue weighted by Crippen LogP contribution is -2.39. The van der Waals surface area contributed by atoms with Crippen molar-refractivity contribution >= 4 is 28.5 Å². The first kappa shape index (κ1) is 19.9. The molecule has 2 heterocycles. The maximum Gasteiger partial charge on any atom is 0.248 e. The highest BCUT2D eigenvalue weighted by molar-refractivity contribution is 5.98. The summed E-state index contributed by atoms with van der Waals surface area (Å²) < 4.78 is 13.5. The summed E-state index contributed by atoms with van der Waals surface area (Å²) in [6, 6.07) is 12.7. The molecule has 0 fully saturated rings. The molecule has 1 aromatic heterocycles. The summed E-state index contributed by atoms with van der Waals surface area (Å²) >= 11 is 0. The Balaban J connectivity index is 1.36. The van der Waals surface area contributed by atoms with E-state index in [1.165, 1.54) is 11.6 Å². The standard InChI is InChI=1S/C23H26FN5O/c1-2-25-23(26-11-9-17-14-27-20-8-7-18(24)13-19(17)20)28-15-22(30)29-12-10-16-5-3-4-6-21(16)29/h3-8,13-14,27H,2,9-12,15H2,1H3,(H2,25,26,28). The van der Waals surface area contributed by atoms with Crippen molar-refractivity contribution < 1.29 is 9.18 Å². The van der Waals surface area contributed by atoms with Crippen molar-refractivity contribution in [1.29, 1.82) is 0 Å². The Morgan fingerprint density at radius 3 is 2.97 bits per heavy atom. The molecule has 0 unspecified atom stereocenters. The van der Waals surface area contributed by atoms with Crippen LogP contribution in [0.3, 0.4) is 0 Å². The van der Waals surface area contributed by atoms with Gasteiger partial charge in [0.25, 0.3) is 0 Å². The molecule has 30 heavy (non-hydrogen) atoms. The molecule has 3 N–H and O–H groups in total. The number of rotatable bonds is 6. The lowest BCUT2D eigenvalue weighted by atomic mass is 10.1. The third-order valence-electron chi connectivity index (χ3n) is 5.32. The predicted molar refractivity (Wildman–Crippen MR) is 118 cm³/mol. The molecule has 156 valence electrons. The van der Waals surface area contributed by atoms with E-state index in [4.69, 9.17) is 0 Å². The molecule has 4 rings (SSSR count). The van der Waals surface area contributed by atoms with E-state index in [1.54, 1.807) is 12.1 Å². The summed E-state index contributed by atoms with van der Waals surface area (Å²) in [7, 11) is 0. The minimum absolute atomic E-state index is 0.00995. The van der Waals surface area contributed by atoms with E-state index >= 15 is 0 Å². The maximum absolute atomic E-state index is 13.5. The molecule has 6 nitrogen and oxygen atoms in total. The molecule has 1 aliphatic rings.